The zero-order valence-electron chi connectivity index (χ0n) is 7.25. The molecule has 1 N–H and O–H groups in total. The summed E-state index contributed by atoms with van der Waals surface area (Å²) in [6.07, 6.45) is 0. The zero-order chi connectivity index (χ0) is 11.4. The number of cyclic esters (lactones) is 2. The number of benzene rings is 1. The third kappa shape index (κ3) is 2.50. The minimum atomic E-state index is -1.50. The number of nitrogens with zero attached hydrogens (tertiary/aromatic N) is 1. The Morgan fingerprint density at radius 2 is 1.47 bits per heavy atom. The lowest BCUT2D eigenvalue weighted by atomic mass is 10.1. The topological polar surface area (TPSA) is 107 Å². The Morgan fingerprint density at radius 3 is 1.80 bits per heavy atom. The van der Waals surface area contributed by atoms with Gasteiger partial charge in [-0.3, -0.25) is 0 Å². The van der Waals surface area contributed by atoms with E-state index in [2.05, 4.69) is 4.74 Å². The molecule has 78 valence electrons. The van der Waals surface area contributed by atoms with Crippen LogP contribution in [0.5, 0.6) is 0 Å². The van der Waals surface area contributed by atoms with Crippen molar-refractivity contribution in [2.24, 2.45) is 0 Å². The van der Waals surface area contributed by atoms with Gasteiger partial charge in [0.2, 0.25) is 0 Å². The highest BCUT2D eigenvalue weighted by atomic mass is 16.9. The fraction of sp³-hybridized carbons (Fsp3) is 0. The molecule has 15 heavy (non-hydrogen) atoms. The van der Waals surface area contributed by atoms with Crippen LogP contribution in [0, 0.1) is 10.1 Å². The molecule has 1 aromatic carbocycles. The molecule has 1 aromatic rings. The van der Waals surface area contributed by atoms with Crippen molar-refractivity contribution in [3.63, 3.8) is 0 Å². The first-order chi connectivity index (χ1) is 7.02. The van der Waals surface area contributed by atoms with Crippen LogP contribution in [-0.4, -0.2) is 22.2 Å². The van der Waals surface area contributed by atoms with Crippen molar-refractivity contribution in [2.75, 3.05) is 0 Å². The van der Waals surface area contributed by atoms with Crippen LogP contribution >= 0.6 is 0 Å². The number of carbonyl (C=O) groups excluding carboxylic acids is 2. The molecular formula is C8H5NO6. The largest absolute Gasteiger partial charge is 0.386 e. The van der Waals surface area contributed by atoms with Gasteiger partial charge in [-0.1, -0.05) is 12.1 Å². The van der Waals surface area contributed by atoms with Crippen LogP contribution < -0.4 is 0 Å². The van der Waals surface area contributed by atoms with E-state index in [0.717, 1.165) is 0 Å². The second-order valence-corrected chi connectivity index (χ2v) is 2.46. The quantitative estimate of drug-likeness (QED) is 0.292. The van der Waals surface area contributed by atoms with Gasteiger partial charge in [-0.25, -0.2) is 9.59 Å². The maximum atomic E-state index is 10.8. The first kappa shape index (κ1) is 10.6. The van der Waals surface area contributed by atoms with Crippen LogP contribution in [0.3, 0.4) is 0 Å². The second-order valence-electron chi connectivity index (χ2n) is 2.46. The first-order valence-corrected chi connectivity index (χ1v) is 3.71. The monoisotopic (exact) mass is 211 g/mol. The summed E-state index contributed by atoms with van der Waals surface area (Å²) >= 11 is 0. The molecule has 0 amide bonds. The Labute approximate surface area is 83.0 Å². The maximum absolute atomic E-state index is 10.8. The highest BCUT2D eigenvalue weighted by Gasteiger charge is 2.28. The second kappa shape index (κ2) is 4.18. The number of ether oxygens (including phenoxy) is 1. The third-order valence-corrected chi connectivity index (χ3v) is 1.55. The summed E-state index contributed by atoms with van der Waals surface area (Å²) in [5, 5.41) is 13.6. The lowest BCUT2D eigenvalue weighted by Crippen LogP contribution is -1.96. The zero-order valence-corrected chi connectivity index (χ0v) is 7.25. The predicted molar refractivity (Wildman–Crippen MR) is 45.0 cm³/mol. The number of rotatable bonds is 0. The van der Waals surface area contributed by atoms with Crippen molar-refractivity contribution in [3.8, 4) is 0 Å². The molecular weight excluding hydrogens is 206 g/mol. The van der Waals surface area contributed by atoms with Crippen LogP contribution in [-0.2, 0) is 4.74 Å². The summed E-state index contributed by atoms with van der Waals surface area (Å²) in [5.41, 5.74) is 0.718. The number of hydrogen-bond donors (Lipinski definition) is 1. The molecule has 0 aromatic heterocycles. The van der Waals surface area contributed by atoms with Gasteiger partial charge in [-0.05, 0) is 12.1 Å². The van der Waals surface area contributed by atoms with Crippen molar-refractivity contribution in [1.82, 2.24) is 0 Å². The van der Waals surface area contributed by atoms with E-state index in [9.17, 15) is 9.59 Å². The highest BCUT2D eigenvalue weighted by molar-refractivity contribution is 6.14. The smallest absolute Gasteiger partial charge is 0.346 e. The lowest BCUT2D eigenvalue weighted by molar-refractivity contribution is -0.742. The fourth-order valence-corrected chi connectivity index (χ4v) is 1.03. The molecule has 1 aliphatic rings. The molecule has 0 atom stereocenters. The lowest BCUT2D eigenvalue weighted by Gasteiger charge is -1.86. The van der Waals surface area contributed by atoms with E-state index in [0.29, 0.717) is 11.1 Å². The van der Waals surface area contributed by atoms with Crippen molar-refractivity contribution in [2.45, 2.75) is 0 Å². The van der Waals surface area contributed by atoms with E-state index in [4.69, 9.17) is 15.3 Å². The molecule has 0 radical (unpaired) electrons. The van der Waals surface area contributed by atoms with Crippen LogP contribution in [0.1, 0.15) is 20.7 Å². The molecule has 0 aliphatic carbocycles. The average molecular weight is 211 g/mol. The predicted octanol–water partition coefficient (Wildman–Crippen LogP) is 0.649. The van der Waals surface area contributed by atoms with Gasteiger partial charge < -0.3 is 9.94 Å². The highest BCUT2D eigenvalue weighted by Crippen LogP contribution is 2.18. The Balaban J connectivity index is 0.000000245. The van der Waals surface area contributed by atoms with E-state index in [1.807, 2.05) is 0 Å². The van der Waals surface area contributed by atoms with Gasteiger partial charge >= 0.3 is 11.9 Å². The van der Waals surface area contributed by atoms with Crippen LogP contribution in [0.2, 0.25) is 0 Å². The summed E-state index contributed by atoms with van der Waals surface area (Å²) in [5.74, 6) is -1.10. The molecule has 1 heterocycles. The van der Waals surface area contributed by atoms with Gasteiger partial charge in [0, 0.05) is 0 Å². The van der Waals surface area contributed by atoms with Crippen LogP contribution in [0.25, 0.3) is 0 Å². The molecule has 0 fully saturated rings. The van der Waals surface area contributed by atoms with Crippen LogP contribution in [0.4, 0.5) is 0 Å². The van der Waals surface area contributed by atoms with Gasteiger partial charge in [-0.15, -0.1) is 10.1 Å². The van der Waals surface area contributed by atoms with Crippen molar-refractivity contribution >= 4 is 11.9 Å². The van der Waals surface area contributed by atoms with E-state index < -0.39 is 17.0 Å². The van der Waals surface area contributed by atoms with Crippen molar-refractivity contribution < 1.29 is 24.6 Å². The third-order valence-electron chi connectivity index (χ3n) is 1.55. The molecule has 2 rings (SSSR count). The molecule has 7 heteroatoms. The Kier molecular flexibility index (Phi) is 2.97. The summed E-state index contributed by atoms with van der Waals surface area (Å²) in [6.45, 7) is 0. The molecule has 0 unspecified atom stereocenters. The van der Waals surface area contributed by atoms with E-state index in [1.54, 1.807) is 24.3 Å². The first-order valence-electron chi connectivity index (χ1n) is 3.71. The number of fused-ring (bicyclic) bond motifs is 1. The fourth-order valence-electron chi connectivity index (χ4n) is 1.03. The molecule has 0 spiro atoms. The molecule has 0 bridgehead atoms. The number of carbonyl (C=O) groups is 2. The van der Waals surface area contributed by atoms with Crippen LogP contribution in [0.15, 0.2) is 24.3 Å². The maximum Gasteiger partial charge on any atom is 0.346 e. The Bertz CT molecular complexity index is 390. The van der Waals surface area contributed by atoms with E-state index in [1.165, 1.54) is 0 Å². The van der Waals surface area contributed by atoms with Gasteiger partial charge in [-0.2, -0.15) is 0 Å². The minimum absolute atomic E-state index is 0.359. The van der Waals surface area contributed by atoms with Gasteiger partial charge in [0.1, 0.15) is 0 Å². The normalized spacial score (nSPS) is 12.3. The van der Waals surface area contributed by atoms with Crippen molar-refractivity contribution in [3.05, 3.63) is 45.5 Å². The summed E-state index contributed by atoms with van der Waals surface area (Å²) in [6, 6.07) is 6.53. The average Bonchev–Trinajstić information content (AvgIpc) is 2.43. The summed E-state index contributed by atoms with van der Waals surface area (Å²) in [7, 11) is 0. The van der Waals surface area contributed by atoms with Gasteiger partial charge in [0.05, 0.1) is 11.1 Å². The molecule has 0 saturated heterocycles. The minimum Gasteiger partial charge on any atom is -0.386 e. The number of esters is 2. The molecule has 1 aliphatic heterocycles. The SMILES string of the molecule is O=C1OC(=O)c2ccccc21.O=[N+]([O-])O. The Morgan fingerprint density at radius 1 is 1.13 bits per heavy atom. The van der Waals surface area contributed by atoms with E-state index in [-0.39, 0.29) is 0 Å². The number of hydrogen-bond acceptors (Lipinski definition) is 5. The molecule has 0 saturated carbocycles. The summed E-state index contributed by atoms with van der Waals surface area (Å²) in [4.78, 5) is 30.0. The van der Waals surface area contributed by atoms with Crippen molar-refractivity contribution in [1.29, 1.82) is 0 Å². The molecule has 7 nitrogen and oxygen atoms in total. The van der Waals surface area contributed by atoms with Gasteiger partial charge in [0.15, 0.2) is 0 Å². The van der Waals surface area contributed by atoms with E-state index >= 15 is 0 Å². The Hall–Kier alpha value is -2.44. The van der Waals surface area contributed by atoms with Gasteiger partial charge in [0.25, 0.3) is 5.09 Å². The summed E-state index contributed by atoms with van der Waals surface area (Å²) < 4.78 is 4.35. The standard InChI is InChI=1S/C8H4O3.HNO3/c9-7-5-3-1-2-4-6(5)8(10)11-7;2-1(3)4/h1-4H;(H,2,3,4).